The minimum atomic E-state index is -0.580. The van der Waals surface area contributed by atoms with E-state index in [1.54, 1.807) is 10.9 Å². The summed E-state index contributed by atoms with van der Waals surface area (Å²) in [6.07, 6.45) is 7.23. The number of aromatic nitrogens is 3. The number of phenolic OH excluding ortho intramolecular Hbond substituents is 1. The maximum Gasteiger partial charge on any atom is 0.175 e. The molecule has 4 aromatic rings. The van der Waals surface area contributed by atoms with E-state index in [-0.39, 0.29) is 22.6 Å². The maximum absolute atomic E-state index is 16.0. The second kappa shape index (κ2) is 6.75. The molecule has 1 aliphatic carbocycles. The number of aryl methyl sites for hydroxylation is 1. The normalized spacial score (nSPS) is 21.8. The quantitative estimate of drug-likeness (QED) is 0.479. The number of rotatable bonds is 3. The van der Waals surface area contributed by atoms with Crippen molar-refractivity contribution in [2.45, 2.75) is 19.4 Å². The van der Waals surface area contributed by atoms with Gasteiger partial charge in [-0.05, 0) is 55.4 Å². The number of halogens is 2. The summed E-state index contributed by atoms with van der Waals surface area (Å²) in [6, 6.07) is 5.61. The molecule has 0 spiro atoms. The summed E-state index contributed by atoms with van der Waals surface area (Å²) in [6.45, 7) is 4.34. The fraction of sp³-hybridized carbons (Fsp3) is 0.280. The van der Waals surface area contributed by atoms with Gasteiger partial charge in [-0.2, -0.15) is 5.10 Å². The molecule has 5 nitrogen and oxygen atoms in total. The van der Waals surface area contributed by atoms with Gasteiger partial charge in [0.05, 0.1) is 11.3 Å². The van der Waals surface area contributed by atoms with Crippen molar-refractivity contribution in [3.63, 3.8) is 0 Å². The van der Waals surface area contributed by atoms with Gasteiger partial charge >= 0.3 is 0 Å². The lowest BCUT2D eigenvalue weighted by atomic mass is 9.95. The molecule has 1 saturated heterocycles. The first-order valence-electron chi connectivity index (χ1n) is 10.7. The Bertz CT molecular complexity index is 1460. The maximum atomic E-state index is 16.0. The van der Waals surface area contributed by atoms with E-state index in [2.05, 4.69) is 16.2 Å². The van der Waals surface area contributed by atoms with Gasteiger partial charge in [0.15, 0.2) is 5.82 Å². The third-order valence-corrected chi connectivity index (χ3v) is 6.91. The zero-order valence-corrected chi connectivity index (χ0v) is 17.4. The largest absolute Gasteiger partial charge is 0.508 e. The Morgan fingerprint density at radius 1 is 1.25 bits per heavy atom. The highest BCUT2D eigenvalue weighted by atomic mass is 19.1. The Hall–Kier alpha value is -3.50. The molecule has 1 unspecified atom stereocenters. The molecular weight excluding hydrogens is 410 g/mol. The van der Waals surface area contributed by atoms with Crippen LogP contribution >= 0.6 is 0 Å². The fourth-order valence-corrected chi connectivity index (χ4v) is 5.39. The van der Waals surface area contributed by atoms with Crippen LogP contribution < -0.4 is 5.32 Å². The van der Waals surface area contributed by atoms with E-state index in [1.165, 1.54) is 24.3 Å². The van der Waals surface area contributed by atoms with E-state index in [4.69, 9.17) is 11.5 Å². The summed E-state index contributed by atoms with van der Waals surface area (Å²) in [5.74, 6) is 2.56. The first kappa shape index (κ1) is 19.2. The second-order valence-corrected chi connectivity index (χ2v) is 8.55. The molecule has 2 N–H and O–H groups in total. The minimum Gasteiger partial charge on any atom is -0.508 e. The molecule has 1 aliphatic heterocycles. The third kappa shape index (κ3) is 2.53. The van der Waals surface area contributed by atoms with Crippen LogP contribution in [0.2, 0.25) is 0 Å². The monoisotopic (exact) mass is 430 g/mol. The molecular formula is C25H20F2N4O. The smallest absolute Gasteiger partial charge is 0.175 e. The van der Waals surface area contributed by atoms with Crippen LogP contribution in [-0.2, 0) is 6.54 Å². The van der Waals surface area contributed by atoms with Crippen molar-refractivity contribution in [3.8, 4) is 29.4 Å². The number of hydrogen-bond donors (Lipinski definition) is 2. The summed E-state index contributed by atoms with van der Waals surface area (Å²) in [5.41, 5.74) is 1.55. The van der Waals surface area contributed by atoms with Gasteiger partial charge in [0.25, 0.3) is 0 Å². The number of phenols is 1. The SMILES string of the molecule is C#Cc1c(F)ccc2cc(O)cc(-c3ncc4c(C5[C@H]6CNC[C@@H]56)nn(CC)c4c3F)c12. The number of hydrogen-bond acceptors (Lipinski definition) is 4. The number of aromatic hydroxyl groups is 1. The molecule has 32 heavy (non-hydrogen) atoms. The average molecular weight is 430 g/mol. The molecule has 2 aromatic heterocycles. The number of benzene rings is 2. The first-order chi connectivity index (χ1) is 15.5. The molecule has 7 heteroatoms. The lowest BCUT2D eigenvalue weighted by Crippen LogP contribution is -2.14. The highest BCUT2D eigenvalue weighted by Crippen LogP contribution is 2.56. The summed E-state index contributed by atoms with van der Waals surface area (Å²) in [5, 5.41) is 20.0. The zero-order chi connectivity index (χ0) is 22.1. The first-order valence-corrected chi connectivity index (χ1v) is 10.7. The van der Waals surface area contributed by atoms with Crippen LogP contribution in [0.4, 0.5) is 8.78 Å². The van der Waals surface area contributed by atoms with Crippen LogP contribution in [0.15, 0.2) is 30.5 Å². The van der Waals surface area contributed by atoms with Crippen LogP contribution in [0.25, 0.3) is 32.9 Å². The molecule has 3 heterocycles. The number of terminal acetylenes is 1. The van der Waals surface area contributed by atoms with Crippen molar-refractivity contribution in [1.29, 1.82) is 0 Å². The van der Waals surface area contributed by atoms with Crippen LogP contribution in [0.5, 0.6) is 5.75 Å². The molecule has 0 radical (unpaired) electrons. The van der Waals surface area contributed by atoms with Crippen molar-refractivity contribution >= 4 is 21.7 Å². The topological polar surface area (TPSA) is 63.0 Å². The minimum absolute atomic E-state index is 0.0132. The number of fused-ring (bicyclic) bond motifs is 3. The Morgan fingerprint density at radius 2 is 2.03 bits per heavy atom. The molecule has 0 bridgehead atoms. The molecule has 2 aromatic carbocycles. The average Bonchev–Trinajstić information content (AvgIpc) is 3.12. The van der Waals surface area contributed by atoms with Crippen LogP contribution in [0.3, 0.4) is 0 Å². The summed E-state index contributed by atoms with van der Waals surface area (Å²) in [4.78, 5) is 4.44. The Labute approximate surface area is 183 Å². The van der Waals surface area contributed by atoms with Gasteiger partial charge in [-0.3, -0.25) is 9.67 Å². The highest BCUT2D eigenvalue weighted by Gasteiger charge is 2.55. The lowest BCUT2D eigenvalue weighted by molar-refractivity contribution is 0.476. The third-order valence-electron chi connectivity index (χ3n) is 6.91. The van der Waals surface area contributed by atoms with Crippen LogP contribution in [0, 0.1) is 35.8 Å². The molecule has 3 atom stereocenters. The van der Waals surface area contributed by atoms with Crippen molar-refractivity contribution in [3.05, 3.63) is 53.4 Å². The van der Waals surface area contributed by atoms with E-state index in [1.807, 2.05) is 6.92 Å². The van der Waals surface area contributed by atoms with Crippen molar-refractivity contribution in [1.82, 2.24) is 20.1 Å². The predicted molar refractivity (Wildman–Crippen MR) is 118 cm³/mol. The Morgan fingerprint density at radius 3 is 2.75 bits per heavy atom. The highest BCUT2D eigenvalue weighted by molar-refractivity contribution is 6.02. The van der Waals surface area contributed by atoms with Gasteiger partial charge in [0.1, 0.15) is 22.8 Å². The second-order valence-electron chi connectivity index (χ2n) is 8.55. The van der Waals surface area contributed by atoms with Gasteiger partial charge in [0.2, 0.25) is 0 Å². The van der Waals surface area contributed by atoms with Gasteiger partial charge in [-0.15, -0.1) is 6.42 Å². The molecule has 2 aliphatic rings. The number of nitrogens with one attached hydrogen (secondary N) is 1. The number of piperidine rings is 1. The summed E-state index contributed by atoms with van der Waals surface area (Å²) in [7, 11) is 0. The van der Waals surface area contributed by atoms with E-state index in [0.717, 1.165) is 18.8 Å². The summed E-state index contributed by atoms with van der Waals surface area (Å²) >= 11 is 0. The molecule has 1 saturated carbocycles. The van der Waals surface area contributed by atoms with E-state index < -0.39 is 11.6 Å². The van der Waals surface area contributed by atoms with Crippen molar-refractivity contribution in [2.75, 3.05) is 13.1 Å². The predicted octanol–water partition coefficient (Wildman–Crippen LogP) is 4.17. The van der Waals surface area contributed by atoms with E-state index in [0.29, 0.717) is 46.0 Å². The van der Waals surface area contributed by atoms with Crippen LogP contribution in [0.1, 0.15) is 24.1 Å². The summed E-state index contributed by atoms with van der Waals surface area (Å²) < 4.78 is 32.2. The van der Waals surface area contributed by atoms with Gasteiger partial charge in [0, 0.05) is 35.0 Å². The Balaban J connectivity index is 1.62. The molecule has 6 rings (SSSR count). The van der Waals surface area contributed by atoms with Crippen molar-refractivity contribution in [2.24, 2.45) is 11.8 Å². The van der Waals surface area contributed by atoms with Gasteiger partial charge in [-0.1, -0.05) is 12.0 Å². The fourth-order valence-electron chi connectivity index (χ4n) is 5.39. The molecule has 0 amide bonds. The van der Waals surface area contributed by atoms with E-state index in [9.17, 15) is 9.50 Å². The Kier molecular flexibility index (Phi) is 4.05. The zero-order valence-electron chi connectivity index (χ0n) is 17.4. The van der Waals surface area contributed by atoms with Gasteiger partial charge in [-0.25, -0.2) is 8.78 Å². The standard InChI is InChI=1S/C25H20F2N4O/c1-3-14-19(26)6-5-12-7-13(32)8-15(20(12)14)24-22(27)25-18(11-29-24)23(30-31(25)4-2)21-16-9-28-10-17(16)21/h1,5-8,11,16-17,21,28,32H,4,9-10H2,2H3/t16-,17+,21?. The number of nitrogens with zero attached hydrogens (tertiary/aromatic N) is 3. The molecule has 2 fully saturated rings. The van der Waals surface area contributed by atoms with Crippen molar-refractivity contribution < 1.29 is 13.9 Å². The number of pyridine rings is 1. The van der Waals surface area contributed by atoms with Gasteiger partial charge < -0.3 is 10.4 Å². The van der Waals surface area contributed by atoms with Crippen LogP contribution in [-0.4, -0.2) is 33.0 Å². The van der Waals surface area contributed by atoms with E-state index >= 15 is 4.39 Å². The molecule has 160 valence electrons. The lowest BCUT2D eigenvalue weighted by Gasteiger charge is -2.12.